The van der Waals surface area contributed by atoms with E-state index in [9.17, 15) is 8.42 Å². The van der Waals surface area contributed by atoms with E-state index in [1.165, 1.54) is 0 Å². The predicted molar refractivity (Wildman–Crippen MR) is 73.5 cm³/mol. The van der Waals surface area contributed by atoms with Crippen LogP contribution in [0.1, 0.15) is 24.0 Å². The minimum atomic E-state index is -3.19. The van der Waals surface area contributed by atoms with Gasteiger partial charge in [0.15, 0.2) is 9.84 Å². The number of nitrogens with one attached hydrogen (secondary N) is 1. The van der Waals surface area contributed by atoms with E-state index >= 15 is 0 Å². The van der Waals surface area contributed by atoms with Crippen LogP contribution >= 0.6 is 0 Å². The molecule has 1 aromatic carbocycles. The van der Waals surface area contributed by atoms with Gasteiger partial charge in [0.1, 0.15) is 0 Å². The van der Waals surface area contributed by atoms with Crippen LogP contribution < -0.4 is 5.32 Å². The molecule has 0 heterocycles. The summed E-state index contributed by atoms with van der Waals surface area (Å²) in [5.74, 6) is 0.744. The average Bonchev–Trinajstić information content (AvgIpc) is 3.13. The van der Waals surface area contributed by atoms with Crippen LogP contribution in [0.2, 0.25) is 0 Å². The van der Waals surface area contributed by atoms with Crippen molar-refractivity contribution in [3.63, 3.8) is 0 Å². The van der Waals surface area contributed by atoms with Gasteiger partial charge in [0, 0.05) is 6.04 Å². The fourth-order valence-electron chi connectivity index (χ4n) is 2.32. The van der Waals surface area contributed by atoms with Gasteiger partial charge in [-0.05, 0) is 56.8 Å². The first kappa shape index (κ1) is 13.6. The molecule has 1 N–H and O–H groups in total. The molecular weight excluding hydrogens is 246 g/mol. The summed E-state index contributed by atoms with van der Waals surface area (Å²) in [6, 6.07) is 5.71. The lowest BCUT2D eigenvalue weighted by molar-refractivity contribution is 0.527. The Kier molecular flexibility index (Phi) is 3.78. The second-order valence-electron chi connectivity index (χ2n) is 5.28. The SMILES string of the molecule is CNC(CS(=O)(=O)c1cc(C)ccc1C)C1CC1. The molecule has 0 saturated heterocycles. The van der Waals surface area contributed by atoms with Gasteiger partial charge in [0.2, 0.25) is 0 Å². The van der Waals surface area contributed by atoms with Crippen LogP contribution in [0.5, 0.6) is 0 Å². The van der Waals surface area contributed by atoms with Crippen molar-refractivity contribution >= 4 is 9.84 Å². The van der Waals surface area contributed by atoms with E-state index in [0.717, 1.165) is 24.0 Å². The van der Waals surface area contributed by atoms with E-state index in [2.05, 4.69) is 5.32 Å². The molecule has 0 aromatic heterocycles. The third kappa shape index (κ3) is 2.93. The molecule has 18 heavy (non-hydrogen) atoms. The highest BCUT2D eigenvalue weighted by atomic mass is 32.2. The second-order valence-corrected chi connectivity index (χ2v) is 7.29. The Morgan fingerprint density at radius 1 is 1.33 bits per heavy atom. The van der Waals surface area contributed by atoms with Crippen molar-refractivity contribution in [2.45, 2.75) is 37.6 Å². The van der Waals surface area contributed by atoms with Crippen LogP contribution in [0.4, 0.5) is 0 Å². The molecule has 1 aromatic rings. The van der Waals surface area contributed by atoms with Gasteiger partial charge in [-0.3, -0.25) is 0 Å². The Labute approximate surface area is 110 Å². The van der Waals surface area contributed by atoms with E-state index in [4.69, 9.17) is 0 Å². The molecule has 1 atom stereocenters. The molecule has 0 amide bonds. The van der Waals surface area contributed by atoms with Crippen molar-refractivity contribution < 1.29 is 8.42 Å². The van der Waals surface area contributed by atoms with Gasteiger partial charge in [-0.2, -0.15) is 0 Å². The maximum Gasteiger partial charge on any atom is 0.180 e. The number of aryl methyl sites for hydroxylation is 2. The first-order valence-corrected chi connectivity index (χ1v) is 8.06. The molecule has 3 nitrogen and oxygen atoms in total. The molecule has 0 spiro atoms. The van der Waals surface area contributed by atoms with Crippen LogP contribution in [-0.2, 0) is 9.84 Å². The highest BCUT2D eigenvalue weighted by molar-refractivity contribution is 7.91. The Morgan fingerprint density at radius 3 is 2.56 bits per heavy atom. The molecule has 1 fully saturated rings. The quantitative estimate of drug-likeness (QED) is 0.888. The highest BCUT2D eigenvalue weighted by Gasteiger charge is 2.34. The van der Waals surface area contributed by atoms with Crippen molar-refractivity contribution in [1.29, 1.82) is 0 Å². The zero-order valence-corrected chi connectivity index (χ0v) is 12.0. The van der Waals surface area contributed by atoms with E-state index in [-0.39, 0.29) is 11.8 Å². The fourth-order valence-corrected chi connectivity index (χ4v) is 4.34. The average molecular weight is 267 g/mol. The summed E-state index contributed by atoms with van der Waals surface area (Å²) in [4.78, 5) is 0.489. The molecular formula is C14H21NO2S. The van der Waals surface area contributed by atoms with Gasteiger partial charge in [-0.25, -0.2) is 8.42 Å². The van der Waals surface area contributed by atoms with Crippen molar-refractivity contribution in [3.8, 4) is 0 Å². The topological polar surface area (TPSA) is 46.2 Å². The van der Waals surface area contributed by atoms with Crippen molar-refractivity contribution in [1.82, 2.24) is 5.32 Å². The molecule has 4 heteroatoms. The fraction of sp³-hybridized carbons (Fsp3) is 0.571. The van der Waals surface area contributed by atoms with Gasteiger partial charge in [0.25, 0.3) is 0 Å². The first-order chi connectivity index (χ1) is 8.44. The molecule has 0 radical (unpaired) electrons. The summed E-state index contributed by atoms with van der Waals surface area (Å²) in [6.07, 6.45) is 2.29. The number of rotatable bonds is 5. The molecule has 0 bridgehead atoms. The zero-order valence-electron chi connectivity index (χ0n) is 11.2. The standard InChI is InChI=1S/C14H21NO2S/c1-10-4-5-11(2)14(8-10)18(16,17)9-13(15-3)12-6-7-12/h4-5,8,12-13,15H,6-7,9H2,1-3H3. The van der Waals surface area contributed by atoms with E-state index in [1.54, 1.807) is 6.07 Å². The minimum absolute atomic E-state index is 0.0925. The molecule has 1 aliphatic rings. The molecule has 1 saturated carbocycles. The van der Waals surface area contributed by atoms with E-state index in [1.807, 2.05) is 33.0 Å². The van der Waals surface area contributed by atoms with Gasteiger partial charge in [-0.15, -0.1) is 0 Å². The van der Waals surface area contributed by atoms with Gasteiger partial charge in [0.05, 0.1) is 10.6 Å². The summed E-state index contributed by atoms with van der Waals surface area (Å²) in [5, 5.41) is 3.14. The lowest BCUT2D eigenvalue weighted by atomic mass is 10.2. The smallest absolute Gasteiger partial charge is 0.180 e. The lowest BCUT2D eigenvalue weighted by Gasteiger charge is -2.16. The van der Waals surface area contributed by atoms with Crippen LogP contribution in [0.15, 0.2) is 23.1 Å². The predicted octanol–water partition coefficient (Wildman–Crippen LogP) is 2.08. The molecule has 1 aliphatic carbocycles. The molecule has 100 valence electrons. The van der Waals surface area contributed by atoms with Gasteiger partial charge < -0.3 is 5.32 Å². The number of hydrogen-bond donors (Lipinski definition) is 1. The Hall–Kier alpha value is -0.870. The van der Waals surface area contributed by atoms with Crippen molar-refractivity contribution in [2.75, 3.05) is 12.8 Å². The maximum atomic E-state index is 12.5. The summed E-state index contributed by atoms with van der Waals surface area (Å²) in [5.41, 5.74) is 1.83. The summed E-state index contributed by atoms with van der Waals surface area (Å²) >= 11 is 0. The molecule has 2 rings (SSSR count). The third-order valence-electron chi connectivity index (χ3n) is 3.64. The second kappa shape index (κ2) is 5.02. The summed E-state index contributed by atoms with van der Waals surface area (Å²) < 4.78 is 24.9. The van der Waals surface area contributed by atoms with E-state index < -0.39 is 9.84 Å². The summed E-state index contributed by atoms with van der Waals surface area (Å²) in [6.45, 7) is 3.78. The maximum absolute atomic E-state index is 12.5. The highest BCUT2D eigenvalue weighted by Crippen LogP contribution is 2.34. The van der Waals surface area contributed by atoms with Crippen LogP contribution in [0, 0.1) is 19.8 Å². The largest absolute Gasteiger partial charge is 0.316 e. The Morgan fingerprint density at radius 2 is 2.00 bits per heavy atom. The molecule has 1 unspecified atom stereocenters. The van der Waals surface area contributed by atoms with Crippen LogP contribution in [0.25, 0.3) is 0 Å². The van der Waals surface area contributed by atoms with E-state index in [0.29, 0.717) is 10.8 Å². The monoisotopic (exact) mass is 267 g/mol. The van der Waals surface area contributed by atoms with Crippen LogP contribution in [-0.4, -0.2) is 27.3 Å². The Bertz CT molecular complexity index is 533. The minimum Gasteiger partial charge on any atom is -0.316 e. The third-order valence-corrected chi connectivity index (χ3v) is 5.55. The molecule has 0 aliphatic heterocycles. The first-order valence-electron chi connectivity index (χ1n) is 6.41. The summed E-state index contributed by atoms with van der Waals surface area (Å²) in [7, 11) is -1.34. The van der Waals surface area contributed by atoms with Crippen molar-refractivity contribution in [2.24, 2.45) is 5.92 Å². The number of benzene rings is 1. The van der Waals surface area contributed by atoms with Crippen molar-refractivity contribution in [3.05, 3.63) is 29.3 Å². The van der Waals surface area contributed by atoms with Crippen LogP contribution in [0.3, 0.4) is 0 Å². The normalized spacial score (nSPS) is 17.7. The van der Waals surface area contributed by atoms with Gasteiger partial charge in [-0.1, -0.05) is 12.1 Å². The zero-order chi connectivity index (χ0) is 13.3. The lowest BCUT2D eigenvalue weighted by Crippen LogP contribution is -2.35. The Balaban J connectivity index is 2.26. The number of sulfone groups is 1. The van der Waals surface area contributed by atoms with Gasteiger partial charge >= 0.3 is 0 Å². The number of hydrogen-bond acceptors (Lipinski definition) is 3.